The molecule has 1 aromatic carbocycles. The molecule has 33 heavy (non-hydrogen) atoms. The number of amides is 2. The van der Waals surface area contributed by atoms with E-state index in [4.69, 9.17) is 0 Å². The third-order valence-corrected chi connectivity index (χ3v) is 6.93. The van der Waals surface area contributed by atoms with E-state index >= 15 is 0 Å². The fourth-order valence-corrected chi connectivity index (χ4v) is 4.57. The zero-order valence-electron chi connectivity index (χ0n) is 17.5. The molecule has 0 unspecified atom stereocenters. The molecule has 4 rings (SSSR count). The zero-order chi connectivity index (χ0) is 23.7. The Morgan fingerprint density at radius 1 is 1.06 bits per heavy atom. The number of aromatic amines is 1. The molecule has 12 heteroatoms. The molecule has 3 aromatic rings. The highest BCUT2D eigenvalue weighted by Gasteiger charge is 2.28. The van der Waals surface area contributed by atoms with Crippen LogP contribution in [-0.2, 0) is 7.05 Å². The van der Waals surface area contributed by atoms with E-state index in [0.29, 0.717) is 31.1 Å². The summed E-state index contributed by atoms with van der Waals surface area (Å²) in [5, 5.41) is 17.7. The number of nitrogens with zero attached hydrogens (tertiary/aromatic N) is 3. The second kappa shape index (κ2) is 9.24. The van der Waals surface area contributed by atoms with Crippen LogP contribution in [0.4, 0.5) is 11.4 Å². The minimum atomic E-state index is -0.527. The molecule has 2 aromatic heterocycles. The van der Waals surface area contributed by atoms with Crippen LogP contribution in [0, 0.1) is 0 Å². The van der Waals surface area contributed by atoms with E-state index in [9.17, 15) is 24.3 Å². The van der Waals surface area contributed by atoms with E-state index in [-0.39, 0.29) is 33.1 Å². The maximum atomic E-state index is 13.1. The number of aryl methyl sites for hydroxylation is 1. The third-order valence-electron chi connectivity index (χ3n) is 5.32. The molecule has 1 saturated heterocycles. The van der Waals surface area contributed by atoms with Crippen LogP contribution in [0.3, 0.4) is 0 Å². The van der Waals surface area contributed by atoms with Crippen molar-refractivity contribution in [3.05, 3.63) is 71.3 Å². The Morgan fingerprint density at radius 3 is 2.36 bits per heavy atom. The van der Waals surface area contributed by atoms with Crippen LogP contribution in [0.2, 0.25) is 0 Å². The number of phenolic OH excluding ortho intramolecular Hbond substituents is 1. The van der Waals surface area contributed by atoms with Crippen LogP contribution >= 0.6 is 27.3 Å². The molecule has 10 nitrogen and oxygen atoms in total. The van der Waals surface area contributed by atoms with E-state index in [1.54, 1.807) is 21.9 Å². The Labute approximate surface area is 200 Å². The first-order valence-electron chi connectivity index (χ1n) is 9.97. The predicted molar refractivity (Wildman–Crippen MR) is 128 cm³/mol. The molecule has 1 fully saturated rings. The number of piperazine rings is 1. The van der Waals surface area contributed by atoms with Gasteiger partial charge in [0.2, 0.25) is 0 Å². The van der Waals surface area contributed by atoms with Crippen LogP contribution in [0.1, 0.15) is 20.0 Å². The summed E-state index contributed by atoms with van der Waals surface area (Å²) in [5.41, 5.74) is -0.959. The number of thiophene rings is 1. The van der Waals surface area contributed by atoms with Gasteiger partial charge >= 0.3 is 0 Å². The average Bonchev–Trinajstić information content (AvgIpc) is 3.36. The fraction of sp³-hybridized carbons (Fsp3) is 0.238. The summed E-state index contributed by atoms with van der Waals surface area (Å²) in [6.45, 7) is 1.42. The lowest BCUT2D eigenvalue weighted by atomic mass is 10.1. The number of hydrogen-bond acceptors (Lipinski definition) is 7. The van der Waals surface area contributed by atoms with Crippen LogP contribution in [0.25, 0.3) is 0 Å². The van der Waals surface area contributed by atoms with Gasteiger partial charge in [-0.1, -0.05) is 12.1 Å². The highest BCUT2D eigenvalue weighted by molar-refractivity contribution is 9.10. The summed E-state index contributed by atoms with van der Waals surface area (Å²) >= 11 is 4.46. The molecule has 0 bridgehead atoms. The Bertz CT molecular complexity index is 1330. The number of carbonyl (C=O) groups is 2. The highest BCUT2D eigenvalue weighted by atomic mass is 79.9. The maximum absolute atomic E-state index is 13.1. The lowest BCUT2D eigenvalue weighted by Gasteiger charge is -2.34. The molecule has 1 aliphatic heterocycles. The number of rotatable bonds is 4. The van der Waals surface area contributed by atoms with E-state index in [2.05, 4.69) is 26.3 Å². The molecule has 0 radical (unpaired) electrons. The van der Waals surface area contributed by atoms with E-state index in [1.807, 2.05) is 11.4 Å². The lowest BCUT2D eigenvalue weighted by Crippen LogP contribution is -2.50. The minimum absolute atomic E-state index is 0.0201. The van der Waals surface area contributed by atoms with Crippen molar-refractivity contribution in [2.24, 2.45) is 7.05 Å². The van der Waals surface area contributed by atoms with Gasteiger partial charge < -0.3 is 20.2 Å². The van der Waals surface area contributed by atoms with Gasteiger partial charge in [0.1, 0.15) is 10.2 Å². The quantitative estimate of drug-likeness (QED) is 0.439. The predicted octanol–water partition coefficient (Wildman–Crippen LogP) is 1.94. The van der Waals surface area contributed by atoms with Gasteiger partial charge in [0, 0.05) is 33.2 Å². The second-order valence-corrected chi connectivity index (χ2v) is 9.12. The summed E-state index contributed by atoms with van der Waals surface area (Å²) in [6, 6.07) is 8.14. The number of nitrogens with one attached hydrogen (secondary N) is 2. The molecule has 172 valence electrons. The van der Waals surface area contributed by atoms with Gasteiger partial charge in [-0.25, -0.2) is 0 Å². The number of para-hydroxylation sites is 1. The number of carbonyl (C=O) groups excluding carboxylic acids is 2. The van der Waals surface area contributed by atoms with Gasteiger partial charge in [-0.3, -0.25) is 29.0 Å². The molecule has 0 atom stereocenters. The molecular formula is C21H20BrN5O5S. The minimum Gasteiger partial charge on any atom is -0.505 e. The van der Waals surface area contributed by atoms with Crippen LogP contribution in [-0.4, -0.2) is 62.7 Å². The largest absolute Gasteiger partial charge is 0.505 e. The molecule has 2 amide bonds. The maximum Gasteiger partial charge on any atom is 0.289 e. The highest BCUT2D eigenvalue weighted by Crippen LogP contribution is 2.31. The summed E-state index contributed by atoms with van der Waals surface area (Å²) in [5.74, 6) is -0.790. The van der Waals surface area contributed by atoms with Crippen LogP contribution in [0.15, 0.2) is 49.8 Å². The van der Waals surface area contributed by atoms with E-state index in [0.717, 1.165) is 4.68 Å². The van der Waals surface area contributed by atoms with Crippen molar-refractivity contribution < 1.29 is 14.7 Å². The Hall–Kier alpha value is -3.38. The van der Waals surface area contributed by atoms with Crippen molar-refractivity contribution in [2.75, 3.05) is 31.5 Å². The number of hydrogen-bond donors (Lipinski definition) is 3. The topological polar surface area (TPSA) is 128 Å². The molecule has 0 aliphatic carbocycles. The molecule has 3 N–H and O–H groups in total. The van der Waals surface area contributed by atoms with Crippen molar-refractivity contribution in [1.29, 1.82) is 0 Å². The van der Waals surface area contributed by atoms with Crippen LogP contribution < -0.4 is 16.4 Å². The SMILES string of the molecule is Cn1[nH]c(=O)c(Br)c(Nc2cccc(C(=O)N3CCN(C(=O)c4cccs4)CC3)c2O)c1=O. The normalized spacial score (nSPS) is 13.8. The van der Waals surface area contributed by atoms with Gasteiger partial charge in [-0.2, -0.15) is 0 Å². The first kappa shape index (κ1) is 22.8. The number of aromatic nitrogens is 2. The number of phenols is 1. The van der Waals surface area contributed by atoms with Crippen molar-refractivity contribution in [3.8, 4) is 5.75 Å². The number of H-pyrrole nitrogens is 1. The van der Waals surface area contributed by atoms with Gasteiger partial charge in [0.15, 0.2) is 5.75 Å². The number of anilines is 2. The van der Waals surface area contributed by atoms with Gasteiger partial charge in [-0.05, 0) is 39.5 Å². The van der Waals surface area contributed by atoms with Crippen molar-refractivity contribution in [3.63, 3.8) is 0 Å². The van der Waals surface area contributed by atoms with Crippen LogP contribution in [0.5, 0.6) is 5.75 Å². The summed E-state index contributed by atoms with van der Waals surface area (Å²) in [6.07, 6.45) is 0. The Morgan fingerprint density at radius 2 is 1.73 bits per heavy atom. The third kappa shape index (κ3) is 4.44. The molecular weight excluding hydrogens is 514 g/mol. The summed E-state index contributed by atoms with van der Waals surface area (Å²) in [4.78, 5) is 53.9. The standard InChI is InChI=1S/C21H20BrN5O5S/c1-25-21(32)16(15(22)18(29)24-25)23-13-5-2-4-12(17(13)28)19(30)26-7-9-27(10-8-26)20(31)14-6-3-11-33-14/h2-6,11,23,28H,7-10H2,1H3,(H,24,29). The van der Waals surface area contributed by atoms with Gasteiger partial charge in [0.25, 0.3) is 22.9 Å². The Kier molecular flexibility index (Phi) is 6.38. The lowest BCUT2D eigenvalue weighted by molar-refractivity contribution is 0.0536. The molecule has 1 aliphatic rings. The van der Waals surface area contributed by atoms with Gasteiger partial charge in [0.05, 0.1) is 16.1 Å². The fourth-order valence-electron chi connectivity index (χ4n) is 3.53. The van der Waals surface area contributed by atoms with E-state index < -0.39 is 17.0 Å². The van der Waals surface area contributed by atoms with E-state index in [1.165, 1.54) is 30.5 Å². The zero-order valence-corrected chi connectivity index (χ0v) is 19.9. The molecule has 0 spiro atoms. The smallest absolute Gasteiger partial charge is 0.289 e. The monoisotopic (exact) mass is 533 g/mol. The summed E-state index contributed by atoms with van der Waals surface area (Å²) < 4.78 is 0.992. The van der Waals surface area contributed by atoms with Crippen molar-refractivity contribution in [2.45, 2.75) is 0 Å². The first-order chi connectivity index (χ1) is 15.8. The number of halogens is 1. The molecule has 3 heterocycles. The number of aromatic hydroxyl groups is 1. The summed E-state index contributed by atoms with van der Waals surface area (Å²) in [7, 11) is 1.39. The van der Waals surface area contributed by atoms with Gasteiger partial charge in [-0.15, -0.1) is 11.3 Å². The van der Waals surface area contributed by atoms with Crippen molar-refractivity contribution >= 4 is 50.5 Å². The van der Waals surface area contributed by atoms with Crippen molar-refractivity contribution in [1.82, 2.24) is 19.6 Å². The first-order valence-corrected chi connectivity index (χ1v) is 11.6. The average molecular weight is 534 g/mol. The molecule has 0 saturated carbocycles. The number of benzene rings is 1. The second-order valence-electron chi connectivity index (χ2n) is 7.38. The Balaban J connectivity index is 1.52.